The van der Waals surface area contributed by atoms with Gasteiger partial charge in [0.2, 0.25) is 0 Å². The minimum atomic E-state index is -0.493. The molecule has 0 atom stereocenters. The van der Waals surface area contributed by atoms with Crippen molar-refractivity contribution in [3.63, 3.8) is 0 Å². The number of esters is 1. The number of thioether (sulfide) groups is 1. The number of Topliss-reactive ketones (excluding diaryl/α,β-unsaturated/α-hetero) is 1. The molecular formula is C19H15Cl2NO5S. The normalized spacial score (nSPS) is 12.6. The summed E-state index contributed by atoms with van der Waals surface area (Å²) in [5, 5.41) is 3.56. The number of rotatable bonds is 7. The smallest absolute Gasteiger partial charge is 0.316 e. The Hall–Kier alpha value is -2.22. The van der Waals surface area contributed by atoms with Crippen molar-refractivity contribution in [1.82, 2.24) is 0 Å². The maximum Gasteiger partial charge on any atom is 0.316 e. The Bertz CT molecular complexity index is 935. The molecule has 6 nitrogen and oxygen atoms in total. The number of fused-ring (bicyclic) bond motifs is 1. The molecule has 1 amide bonds. The molecule has 0 aliphatic carbocycles. The van der Waals surface area contributed by atoms with Crippen LogP contribution in [-0.2, 0) is 20.1 Å². The van der Waals surface area contributed by atoms with Crippen molar-refractivity contribution < 1.29 is 23.9 Å². The number of hydrogen-bond acceptors (Lipinski definition) is 6. The summed E-state index contributed by atoms with van der Waals surface area (Å²) in [7, 11) is 0. The van der Waals surface area contributed by atoms with Crippen LogP contribution in [0.1, 0.15) is 15.9 Å². The van der Waals surface area contributed by atoms with Gasteiger partial charge in [0.1, 0.15) is 5.75 Å². The van der Waals surface area contributed by atoms with Crippen LogP contribution in [0.15, 0.2) is 36.4 Å². The third-order valence-corrected chi connectivity index (χ3v) is 5.49. The van der Waals surface area contributed by atoms with Gasteiger partial charge in [-0.3, -0.25) is 14.4 Å². The Morgan fingerprint density at radius 2 is 1.96 bits per heavy atom. The average molecular weight is 440 g/mol. The van der Waals surface area contributed by atoms with Crippen LogP contribution in [0.25, 0.3) is 0 Å². The highest BCUT2D eigenvalue weighted by molar-refractivity contribution is 7.99. The highest BCUT2D eigenvalue weighted by Gasteiger charge is 2.18. The number of nitrogens with one attached hydrogen (secondary N) is 1. The standard InChI is InChI=1S/C19H15Cl2NO5S/c20-13-3-1-11(5-14(13)21)9-28-10-19(25)27-7-16(23)12-2-4-17-15(6-12)22-18(24)8-26-17/h1-6H,7-10H2,(H,22,24). The minimum Gasteiger partial charge on any atom is -0.482 e. The van der Waals surface area contributed by atoms with Gasteiger partial charge in [0, 0.05) is 11.3 Å². The van der Waals surface area contributed by atoms with Crippen molar-refractivity contribution in [2.24, 2.45) is 0 Å². The number of anilines is 1. The van der Waals surface area contributed by atoms with E-state index in [9.17, 15) is 14.4 Å². The van der Waals surface area contributed by atoms with Gasteiger partial charge in [-0.2, -0.15) is 0 Å². The maximum absolute atomic E-state index is 12.2. The molecule has 2 aromatic rings. The van der Waals surface area contributed by atoms with Crippen LogP contribution in [-0.4, -0.2) is 36.6 Å². The van der Waals surface area contributed by atoms with E-state index < -0.39 is 5.97 Å². The van der Waals surface area contributed by atoms with Crippen LogP contribution in [0.2, 0.25) is 10.0 Å². The second-order valence-electron chi connectivity index (χ2n) is 5.87. The number of halogens is 2. The van der Waals surface area contributed by atoms with Crippen LogP contribution in [0, 0.1) is 0 Å². The first-order chi connectivity index (χ1) is 13.4. The summed E-state index contributed by atoms with van der Waals surface area (Å²) >= 11 is 13.2. The van der Waals surface area contributed by atoms with E-state index in [1.165, 1.54) is 17.8 Å². The number of ether oxygens (including phenoxy) is 2. The lowest BCUT2D eigenvalue weighted by Crippen LogP contribution is -2.25. The molecule has 28 heavy (non-hydrogen) atoms. The molecule has 0 radical (unpaired) electrons. The van der Waals surface area contributed by atoms with E-state index in [0.29, 0.717) is 32.8 Å². The summed E-state index contributed by atoms with van der Waals surface area (Å²) in [5.41, 5.74) is 1.67. The Morgan fingerprint density at radius 3 is 2.75 bits per heavy atom. The van der Waals surface area contributed by atoms with Crippen molar-refractivity contribution in [3.8, 4) is 5.75 Å². The van der Waals surface area contributed by atoms with E-state index in [0.717, 1.165) is 5.56 Å². The molecule has 2 aromatic carbocycles. The minimum absolute atomic E-state index is 0.0577. The van der Waals surface area contributed by atoms with E-state index in [1.54, 1.807) is 24.3 Å². The Morgan fingerprint density at radius 1 is 1.14 bits per heavy atom. The van der Waals surface area contributed by atoms with E-state index in [1.807, 2.05) is 6.07 Å². The van der Waals surface area contributed by atoms with Gasteiger partial charge in [-0.05, 0) is 35.9 Å². The predicted octanol–water partition coefficient (Wildman–Crippen LogP) is 3.98. The second-order valence-corrected chi connectivity index (χ2v) is 7.67. The fourth-order valence-corrected chi connectivity index (χ4v) is 3.50. The van der Waals surface area contributed by atoms with Crippen molar-refractivity contribution in [1.29, 1.82) is 0 Å². The molecule has 0 bridgehead atoms. The number of ketones is 1. The van der Waals surface area contributed by atoms with E-state index in [2.05, 4.69) is 5.32 Å². The summed E-state index contributed by atoms with van der Waals surface area (Å²) < 4.78 is 10.3. The fourth-order valence-electron chi connectivity index (χ4n) is 2.41. The number of carbonyl (C=O) groups excluding carboxylic acids is 3. The highest BCUT2D eigenvalue weighted by atomic mass is 35.5. The van der Waals surface area contributed by atoms with Crippen LogP contribution < -0.4 is 10.1 Å². The molecule has 146 valence electrons. The Kier molecular flexibility index (Phi) is 6.83. The monoisotopic (exact) mass is 439 g/mol. The first-order valence-electron chi connectivity index (χ1n) is 8.19. The van der Waals surface area contributed by atoms with Crippen LogP contribution >= 0.6 is 35.0 Å². The summed E-state index contributed by atoms with van der Waals surface area (Å²) in [4.78, 5) is 35.4. The summed E-state index contributed by atoms with van der Waals surface area (Å²) in [6.07, 6.45) is 0. The zero-order valence-electron chi connectivity index (χ0n) is 14.5. The van der Waals surface area contributed by atoms with Crippen molar-refractivity contribution in [3.05, 3.63) is 57.6 Å². The summed E-state index contributed by atoms with van der Waals surface area (Å²) in [6, 6.07) is 9.92. The molecule has 1 heterocycles. The largest absolute Gasteiger partial charge is 0.482 e. The Balaban J connectivity index is 1.45. The van der Waals surface area contributed by atoms with Crippen LogP contribution in [0.3, 0.4) is 0 Å². The predicted molar refractivity (Wildman–Crippen MR) is 108 cm³/mol. The van der Waals surface area contributed by atoms with Gasteiger partial charge in [-0.25, -0.2) is 0 Å². The van der Waals surface area contributed by atoms with Gasteiger partial charge >= 0.3 is 5.97 Å². The van der Waals surface area contributed by atoms with E-state index in [-0.39, 0.29) is 30.7 Å². The summed E-state index contributed by atoms with van der Waals surface area (Å²) in [5.74, 6) is -0.000615. The molecule has 0 unspecified atom stereocenters. The summed E-state index contributed by atoms with van der Waals surface area (Å²) in [6.45, 7) is -0.433. The molecule has 0 saturated heterocycles. The highest BCUT2D eigenvalue weighted by Crippen LogP contribution is 2.28. The van der Waals surface area contributed by atoms with E-state index >= 15 is 0 Å². The average Bonchev–Trinajstić information content (AvgIpc) is 2.68. The van der Waals surface area contributed by atoms with Crippen LogP contribution in [0.5, 0.6) is 5.75 Å². The third-order valence-electron chi connectivity index (χ3n) is 3.77. The molecule has 9 heteroatoms. The zero-order valence-corrected chi connectivity index (χ0v) is 16.8. The molecule has 1 N–H and O–H groups in total. The molecule has 1 aliphatic rings. The van der Waals surface area contributed by atoms with Crippen molar-refractivity contribution in [2.75, 3.05) is 24.3 Å². The lowest BCUT2D eigenvalue weighted by Gasteiger charge is -2.18. The first kappa shape index (κ1) is 20.5. The van der Waals surface area contributed by atoms with Gasteiger partial charge in [0.15, 0.2) is 19.0 Å². The quantitative estimate of drug-likeness (QED) is 0.518. The lowest BCUT2D eigenvalue weighted by molar-refractivity contribution is -0.139. The van der Waals surface area contributed by atoms with Gasteiger partial charge in [-0.15, -0.1) is 11.8 Å². The van der Waals surface area contributed by atoms with Crippen molar-refractivity contribution in [2.45, 2.75) is 5.75 Å². The van der Waals surface area contributed by atoms with Gasteiger partial charge in [0.25, 0.3) is 5.91 Å². The van der Waals surface area contributed by atoms with Gasteiger partial charge < -0.3 is 14.8 Å². The SMILES string of the molecule is O=C1COc2ccc(C(=O)COC(=O)CSCc3ccc(Cl)c(Cl)c3)cc2N1. The molecule has 3 rings (SSSR count). The maximum atomic E-state index is 12.2. The molecule has 0 spiro atoms. The first-order valence-corrected chi connectivity index (χ1v) is 10.1. The van der Waals surface area contributed by atoms with Gasteiger partial charge in [0.05, 0.1) is 21.5 Å². The molecule has 1 aliphatic heterocycles. The second kappa shape index (κ2) is 9.32. The lowest BCUT2D eigenvalue weighted by atomic mass is 10.1. The molecule has 0 saturated carbocycles. The third kappa shape index (κ3) is 5.41. The van der Waals surface area contributed by atoms with Crippen LogP contribution in [0.4, 0.5) is 5.69 Å². The fraction of sp³-hybridized carbons (Fsp3) is 0.211. The number of carbonyl (C=O) groups is 3. The van der Waals surface area contributed by atoms with E-state index in [4.69, 9.17) is 32.7 Å². The number of hydrogen-bond donors (Lipinski definition) is 1. The van der Waals surface area contributed by atoms with Crippen molar-refractivity contribution >= 4 is 58.3 Å². The Labute approximate surface area is 175 Å². The zero-order chi connectivity index (χ0) is 20.1. The molecule has 0 fully saturated rings. The topological polar surface area (TPSA) is 81.7 Å². The van der Waals surface area contributed by atoms with Gasteiger partial charge in [-0.1, -0.05) is 29.3 Å². The number of benzene rings is 2. The molecular weight excluding hydrogens is 425 g/mol. The molecule has 0 aromatic heterocycles. The number of amides is 1.